The highest BCUT2D eigenvalue weighted by Gasteiger charge is 2.19. The maximum atomic E-state index is 5.89. The Morgan fingerprint density at radius 2 is 2.25 bits per heavy atom. The summed E-state index contributed by atoms with van der Waals surface area (Å²) in [4.78, 5) is 2.38. The van der Waals surface area contributed by atoms with Crippen molar-refractivity contribution in [2.45, 2.75) is 20.3 Å². The van der Waals surface area contributed by atoms with Crippen LogP contribution < -0.4 is 15.4 Å². The van der Waals surface area contributed by atoms with Gasteiger partial charge in [-0.25, -0.2) is 0 Å². The molecule has 2 N–H and O–H groups in total. The molecule has 1 unspecified atom stereocenters. The average Bonchev–Trinajstić information content (AvgIpc) is 2.64. The zero-order valence-electron chi connectivity index (χ0n) is 10.1. The molecular weight excluding hydrogens is 200 g/mol. The number of nitrogens with zero attached hydrogens (tertiary/aromatic N) is 1. The monoisotopic (exact) mass is 220 g/mol. The number of nitrogens with two attached hydrogens (primary N) is 1. The summed E-state index contributed by atoms with van der Waals surface area (Å²) >= 11 is 0. The molecule has 1 heterocycles. The first-order valence-corrected chi connectivity index (χ1v) is 5.97. The van der Waals surface area contributed by atoms with Crippen molar-refractivity contribution in [3.8, 4) is 5.75 Å². The minimum atomic E-state index is 0.680. The molecule has 1 aliphatic heterocycles. The van der Waals surface area contributed by atoms with Crippen LogP contribution in [0.1, 0.15) is 20.3 Å². The molecule has 0 amide bonds. The predicted molar refractivity (Wildman–Crippen MR) is 68.0 cm³/mol. The van der Waals surface area contributed by atoms with E-state index in [4.69, 9.17) is 10.5 Å². The van der Waals surface area contributed by atoms with Crippen molar-refractivity contribution < 1.29 is 4.74 Å². The van der Waals surface area contributed by atoms with E-state index in [0.717, 1.165) is 30.4 Å². The summed E-state index contributed by atoms with van der Waals surface area (Å²) in [5.41, 5.74) is 7.85. The van der Waals surface area contributed by atoms with Crippen molar-refractivity contribution >= 4 is 11.4 Å². The van der Waals surface area contributed by atoms with Gasteiger partial charge in [0.25, 0.3) is 0 Å². The van der Waals surface area contributed by atoms with Gasteiger partial charge in [0.2, 0.25) is 0 Å². The molecule has 2 rings (SSSR count). The quantitative estimate of drug-likeness (QED) is 0.795. The highest BCUT2D eigenvalue weighted by molar-refractivity contribution is 5.61. The lowest BCUT2D eigenvalue weighted by Gasteiger charge is -2.19. The Bertz CT molecular complexity index is 365. The summed E-state index contributed by atoms with van der Waals surface area (Å²) in [6, 6.07) is 5.99. The topological polar surface area (TPSA) is 38.5 Å². The summed E-state index contributed by atoms with van der Waals surface area (Å²) < 4.78 is 5.51. The molecule has 88 valence electrons. The lowest BCUT2D eigenvalue weighted by atomic mass is 10.2. The number of anilines is 2. The van der Waals surface area contributed by atoms with Gasteiger partial charge in [-0.05, 0) is 25.3 Å². The first kappa shape index (κ1) is 11.1. The zero-order chi connectivity index (χ0) is 11.5. The van der Waals surface area contributed by atoms with Crippen LogP contribution in [0.15, 0.2) is 18.2 Å². The van der Waals surface area contributed by atoms with E-state index < -0.39 is 0 Å². The van der Waals surface area contributed by atoms with E-state index in [1.165, 1.54) is 12.1 Å². The van der Waals surface area contributed by atoms with Crippen LogP contribution in [0.4, 0.5) is 11.4 Å². The van der Waals surface area contributed by atoms with Crippen molar-refractivity contribution in [2.24, 2.45) is 5.92 Å². The Morgan fingerprint density at radius 3 is 2.88 bits per heavy atom. The molecule has 1 atom stereocenters. The lowest BCUT2D eigenvalue weighted by Crippen LogP contribution is -2.19. The molecule has 1 aromatic carbocycles. The normalized spacial score (nSPS) is 20.1. The number of hydrogen-bond acceptors (Lipinski definition) is 3. The maximum absolute atomic E-state index is 5.89. The number of benzene rings is 1. The minimum absolute atomic E-state index is 0.680. The van der Waals surface area contributed by atoms with E-state index in [1.54, 1.807) is 0 Å². The van der Waals surface area contributed by atoms with Crippen LogP contribution in [0.2, 0.25) is 0 Å². The molecular formula is C13H20N2O. The molecule has 3 nitrogen and oxygen atoms in total. The van der Waals surface area contributed by atoms with Crippen molar-refractivity contribution in [2.75, 3.05) is 30.3 Å². The predicted octanol–water partition coefficient (Wildman–Crippen LogP) is 2.51. The first-order chi connectivity index (χ1) is 7.69. The number of rotatable bonds is 3. The Balaban J connectivity index is 2.20. The molecule has 0 saturated carbocycles. The zero-order valence-corrected chi connectivity index (χ0v) is 10.1. The third kappa shape index (κ3) is 2.40. The van der Waals surface area contributed by atoms with Crippen LogP contribution >= 0.6 is 0 Å². The fourth-order valence-electron chi connectivity index (χ4n) is 2.21. The SMILES string of the molecule is CCOc1cc(N)cc(N2CCC(C)C2)c1. The average molecular weight is 220 g/mol. The van der Waals surface area contributed by atoms with Gasteiger partial charge in [0.05, 0.1) is 6.61 Å². The largest absolute Gasteiger partial charge is 0.494 e. The fourth-order valence-corrected chi connectivity index (χ4v) is 2.21. The Kier molecular flexibility index (Phi) is 3.22. The van der Waals surface area contributed by atoms with E-state index >= 15 is 0 Å². The van der Waals surface area contributed by atoms with Crippen LogP contribution in [0, 0.1) is 5.92 Å². The molecule has 1 aliphatic rings. The maximum Gasteiger partial charge on any atom is 0.123 e. The second-order valence-electron chi connectivity index (χ2n) is 4.53. The van der Waals surface area contributed by atoms with Crippen molar-refractivity contribution in [3.63, 3.8) is 0 Å². The van der Waals surface area contributed by atoms with Crippen LogP contribution in [-0.2, 0) is 0 Å². The number of hydrogen-bond donors (Lipinski definition) is 1. The smallest absolute Gasteiger partial charge is 0.123 e. The van der Waals surface area contributed by atoms with E-state index in [1.807, 2.05) is 19.1 Å². The summed E-state index contributed by atoms with van der Waals surface area (Å²) in [5.74, 6) is 1.65. The number of ether oxygens (including phenoxy) is 1. The molecule has 0 bridgehead atoms. The number of nitrogen functional groups attached to an aromatic ring is 1. The van der Waals surface area contributed by atoms with Gasteiger partial charge in [0.1, 0.15) is 5.75 Å². The summed E-state index contributed by atoms with van der Waals surface area (Å²) in [6.45, 7) is 7.20. The highest BCUT2D eigenvalue weighted by Crippen LogP contribution is 2.29. The van der Waals surface area contributed by atoms with Gasteiger partial charge in [0.15, 0.2) is 0 Å². The molecule has 1 aromatic rings. The standard InChI is InChI=1S/C13H20N2O/c1-3-16-13-7-11(14)6-12(8-13)15-5-4-10(2)9-15/h6-8,10H,3-5,9,14H2,1-2H3. The van der Waals surface area contributed by atoms with Crippen molar-refractivity contribution in [1.29, 1.82) is 0 Å². The van der Waals surface area contributed by atoms with Crippen LogP contribution in [0.25, 0.3) is 0 Å². The van der Waals surface area contributed by atoms with Gasteiger partial charge in [-0.3, -0.25) is 0 Å². The second-order valence-corrected chi connectivity index (χ2v) is 4.53. The van der Waals surface area contributed by atoms with Gasteiger partial charge in [-0.1, -0.05) is 6.92 Å². The van der Waals surface area contributed by atoms with E-state index in [0.29, 0.717) is 6.61 Å². The van der Waals surface area contributed by atoms with Crippen LogP contribution in [0.3, 0.4) is 0 Å². The highest BCUT2D eigenvalue weighted by atomic mass is 16.5. The third-order valence-corrected chi connectivity index (χ3v) is 3.01. The van der Waals surface area contributed by atoms with Gasteiger partial charge in [-0.15, -0.1) is 0 Å². The summed E-state index contributed by atoms with van der Waals surface area (Å²) in [6.07, 6.45) is 1.26. The molecule has 0 aliphatic carbocycles. The van der Waals surface area contributed by atoms with Gasteiger partial charge >= 0.3 is 0 Å². The van der Waals surface area contributed by atoms with E-state index in [2.05, 4.69) is 17.9 Å². The Morgan fingerprint density at radius 1 is 1.44 bits per heavy atom. The fraction of sp³-hybridized carbons (Fsp3) is 0.538. The molecule has 1 saturated heterocycles. The van der Waals surface area contributed by atoms with Crippen molar-refractivity contribution in [3.05, 3.63) is 18.2 Å². The van der Waals surface area contributed by atoms with Crippen LogP contribution in [-0.4, -0.2) is 19.7 Å². The van der Waals surface area contributed by atoms with Crippen LogP contribution in [0.5, 0.6) is 5.75 Å². The minimum Gasteiger partial charge on any atom is -0.494 e. The second kappa shape index (κ2) is 4.64. The Hall–Kier alpha value is -1.38. The molecule has 3 heteroatoms. The van der Waals surface area contributed by atoms with Gasteiger partial charge < -0.3 is 15.4 Å². The molecule has 16 heavy (non-hydrogen) atoms. The molecule has 0 aromatic heterocycles. The molecule has 1 fully saturated rings. The Labute approximate surface area is 97.2 Å². The van der Waals surface area contributed by atoms with E-state index in [9.17, 15) is 0 Å². The summed E-state index contributed by atoms with van der Waals surface area (Å²) in [5, 5.41) is 0. The lowest BCUT2D eigenvalue weighted by molar-refractivity contribution is 0.340. The summed E-state index contributed by atoms with van der Waals surface area (Å²) in [7, 11) is 0. The van der Waals surface area contributed by atoms with Crippen molar-refractivity contribution in [1.82, 2.24) is 0 Å². The van der Waals surface area contributed by atoms with E-state index in [-0.39, 0.29) is 0 Å². The third-order valence-electron chi connectivity index (χ3n) is 3.01. The molecule has 0 spiro atoms. The first-order valence-electron chi connectivity index (χ1n) is 5.97. The molecule has 0 radical (unpaired) electrons. The van der Waals surface area contributed by atoms with Gasteiger partial charge in [0, 0.05) is 36.6 Å². The van der Waals surface area contributed by atoms with Gasteiger partial charge in [-0.2, -0.15) is 0 Å².